The second-order valence-electron chi connectivity index (χ2n) is 5.23. The Balaban J connectivity index is 2.55. The van der Waals surface area contributed by atoms with E-state index < -0.39 is 10.8 Å². The molecule has 0 saturated heterocycles. The number of hydrogen-bond donors (Lipinski definition) is 1. The number of nitrogens with two attached hydrogens (primary N) is 1. The molecule has 16 heavy (non-hydrogen) atoms. The van der Waals surface area contributed by atoms with Gasteiger partial charge in [-0.1, -0.05) is 39.5 Å². The van der Waals surface area contributed by atoms with Crippen molar-refractivity contribution in [2.45, 2.75) is 57.6 Å². The highest BCUT2D eigenvalue weighted by Gasteiger charge is 2.27. The summed E-state index contributed by atoms with van der Waals surface area (Å²) in [4.78, 5) is 0. The van der Waals surface area contributed by atoms with Crippen LogP contribution in [0.2, 0.25) is 0 Å². The smallest absolute Gasteiger partial charge is 0.0388 e. The van der Waals surface area contributed by atoms with Crippen LogP contribution in [0.5, 0.6) is 0 Å². The fourth-order valence-electron chi connectivity index (χ4n) is 2.49. The van der Waals surface area contributed by atoms with Crippen molar-refractivity contribution in [2.24, 2.45) is 17.6 Å². The van der Waals surface area contributed by atoms with E-state index in [-0.39, 0.29) is 0 Å². The van der Waals surface area contributed by atoms with E-state index >= 15 is 0 Å². The Labute approximate surface area is 103 Å². The SMILES string of the molecule is CCC(C)CS(=O)C1CCCCCC1CN. The fraction of sp³-hybridized carbons (Fsp3) is 1.00. The summed E-state index contributed by atoms with van der Waals surface area (Å²) >= 11 is 0. The highest BCUT2D eigenvalue weighted by molar-refractivity contribution is 7.85. The van der Waals surface area contributed by atoms with Crippen molar-refractivity contribution in [3.8, 4) is 0 Å². The van der Waals surface area contributed by atoms with E-state index in [1.165, 1.54) is 25.7 Å². The Morgan fingerprint density at radius 3 is 2.62 bits per heavy atom. The molecular formula is C13H27NOS. The number of hydrogen-bond acceptors (Lipinski definition) is 2. The van der Waals surface area contributed by atoms with E-state index in [2.05, 4.69) is 13.8 Å². The van der Waals surface area contributed by atoms with E-state index in [0.717, 1.165) is 25.1 Å². The first-order chi connectivity index (χ1) is 7.69. The van der Waals surface area contributed by atoms with Crippen LogP contribution in [-0.4, -0.2) is 21.8 Å². The second-order valence-corrected chi connectivity index (χ2v) is 6.93. The molecule has 0 amide bonds. The van der Waals surface area contributed by atoms with Gasteiger partial charge in [0, 0.05) is 21.8 Å². The van der Waals surface area contributed by atoms with E-state index in [1.54, 1.807) is 0 Å². The van der Waals surface area contributed by atoms with Gasteiger partial charge in [0.05, 0.1) is 0 Å². The van der Waals surface area contributed by atoms with Crippen LogP contribution >= 0.6 is 0 Å². The van der Waals surface area contributed by atoms with Gasteiger partial charge in [0.2, 0.25) is 0 Å². The first kappa shape index (κ1) is 14.2. The van der Waals surface area contributed by atoms with Crippen molar-refractivity contribution < 1.29 is 4.21 Å². The summed E-state index contributed by atoms with van der Waals surface area (Å²) in [7, 11) is -0.658. The summed E-state index contributed by atoms with van der Waals surface area (Å²) < 4.78 is 12.3. The van der Waals surface area contributed by atoms with Crippen molar-refractivity contribution in [3.63, 3.8) is 0 Å². The predicted octanol–water partition coefficient (Wildman–Crippen LogP) is 2.69. The van der Waals surface area contributed by atoms with Crippen LogP contribution in [-0.2, 0) is 10.8 Å². The normalized spacial score (nSPS) is 30.7. The summed E-state index contributed by atoms with van der Waals surface area (Å²) in [5.41, 5.74) is 5.83. The maximum atomic E-state index is 12.3. The lowest BCUT2D eigenvalue weighted by molar-refractivity contribution is 0.471. The van der Waals surface area contributed by atoms with Crippen LogP contribution in [0.3, 0.4) is 0 Å². The molecule has 0 radical (unpaired) electrons. The fourth-order valence-corrected chi connectivity index (χ4v) is 4.64. The van der Waals surface area contributed by atoms with Gasteiger partial charge in [0.15, 0.2) is 0 Å². The van der Waals surface area contributed by atoms with Gasteiger partial charge in [0.25, 0.3) is 0 Å². The van der Waals surface area contributed by atoms with Crippen LogP contribution < -0.4 is 5.73 Å². The molecule has 0 aromatic carbocycles. The van der Waals surface area contributed by atoms with Gasteiger partial charge in [-0.15, -0.1) is 0 Å². The summed E-state index contributed by atoms with van der Waals surface area (Å²) in [5, 5.41) is 0.376. The zero-order chi connectivity index (χ0) is 12.0. The molecule has 0 aromatic heterocycles. The zero-order valence-corrected chi connectivity index (χ0v) is 11.6. The van der Waals surface area contributed by atoms with Crippen LogP contribution in [0.15, 0.2) is 0 Å². The molecule has 0 bridgehead atoms. The molecule has 96 valence electrons. The molecule has 0 aromatic rings. The third-order valence-corrected chi connectivity index (χ3v) is 6.07. The van der Waals surface area contributed by atoms with E-state index in [0.29, 0.717) is 17.1 Å². The second kappa shape index (κ2) is 7.44. The maximum absolute atomic E-state index is 12.3. The molecule has 3 heteroatoms. The van der Waals surface area contributed by atoms with Crippen LogP contribution in [0.4, 0.5) is 0 Å². The molecule has 2 nitrogen and oxygen atoms in total. The monoisotopic (exact) mass is 245 g/mol. The minimum atomic E-state index is -0.658. The first-order valence-corrected chi connectivity index (χ1v) is 8.14. The van der Waals surface area contributed by atoms with Gasteiger partial charge < -0.3 is 5.73 Å². The largest absolute Gasteiger partial charge is 0.330 e. The van der Waals surface area contributed by atoms with Gasteiger partial charge in [-0.25, -0.2) is 0 Å². The molecule has 1 aliphatic carbocycles. The van der Waals surface area contributed by atoms with Gasteiger partial charge in [-0.3, -0.25) is 4.21 Å². The highest BCUT2D eigenvalue weighted by atomic mass is 32.2. The molecule has 1 saturated carbocycles. The molecule has 4 atom stereocenters. The summed E-state index contributed by atoms with van der Waals surface area (Å²) in [6.07, 6.45) is 7.27. The van der Waals surface area contributed by atoms with Crippen LogP contribution in [0.25, 0.3) is 0 Å². The van der Waals surface area contributed by atoms with E-state index in [9.17, 15) is 4.21 Å². The van der Waals surface area contributed by atoms with E-state index in [1.807, 2.05) is 0 Å². The molecule has 4 unspecified atom stereocenters. The lowest BCUT2D eigenvalue weighted by Gasteiger charge is -2.24. The predicted molar refractivity (Wildman–Crippen MR) is 71.9 cm³/mol. The van der Waals surface area contributed by atoms with Gasteiger partial charge in [-0.05, 0) is 31.2 Å². The van der Waals surface area contributed by atoms with Crippen molar-refractivity contribution in [2.75, 3.05) is 12.3 Å². The summed E-state index contributed by atoms with van der Waals surface area (Å²) in [6, 6.07) is 0. The van der Waals surface area contributed by atoms with Gasteiger partial charge in [0.1, 0.15) is 0 Å². The van der Waals surface area contributed by atoms with Crippen molar-refractivity contribution >= 4 is 10.8 Å². The van der Waals surface area contributed by atoms with Gasteiger partial charge >= 0.3 is 0 Å². The molecule has 0 spiro atoms. The Kier molecular flexibility index (Phi) is 6.59. The molecule has 0 heterocycles. The summed E-state index contributed by atoms with van der Waals surface area (Å²) in [6.45, 7) is 5.10. The molecular weight excluding hydrogens is 218 g/mol. The molecule has 1 rings (SSSR count). The lowest BCUT2D eigenvalue weighted by Crippen LogP contribution is -2.32. The van der Waals surface area contributed by atoms with Crippen LogP contribution in [0.1, 0.15) is 52.4 Å². The van der Waals surface area contributed by atoms with Crippen LogP contribution in [0, 0.1) is 11.8 Å². The average molecular weight is 245 g/mol. The summed E-state index contributed by atoms with van der Waals surface area (Å²) in [5.74, 6) is 1.97. The van der Waals surface area contributed by atoms with Crippen molar-refractivity contribution in [1.82, 2.24) is 0 Å². The average Bonchev–Trinajstić information content (AvgIpc) is 2.53. The van der Waals surface area contributed by atoms with Crippen molar-refractivity contribution in [3.05, 3.63) is 0 Å². The Hall–Kier alpha value is 0.110. The van der Waals surface area contributed by atoms with Crippen molar-refractivity contribution in [1.29, 1.82) is 0 Å². The lowest BCUT2D eigenvalue weighted by atomic mass is 10.0. The van der Waals surface area contributed by atoms with E-state index in [4.69, 9.17) is 5.73 Å². The topological polar surface area (TPSA) is 43.1 Å². The number of rotatable bonds is 5. The Morgan fingerprint density at radius 2 is 2.00 bits per heavy atom. The standard InChI is InChI=1S/C13H27NOS/c1-3-11(2)10-16(15)13-8-6-4-5-7-12(13)9-14/h11-13H,3-10,14H2,1-2H3. The molecule has 1 fully saturated rings. The minimum absolute atomic E-state index is 0.376. The third-order valence-electron chi connectivity index (χ3n) is 3.88. The minimum Gasteiger partial charge on any atom is -0.330 e. The zero-order valence-electron chi connectivity index (χ0n) is 10.8. The first-order valence-electron chi connectivity index (χ1n) is 6.76. The maximum Gasteiger partial charge on any atom is 0.0388 e. The Morgan fingerprint density at radius 1 is 1.31 bits per heavy atom. The highest BCUT2D eigenvalue weighted by Crippen LogP contribution is 2.27. The molecule has 2 N–H and O–H groups in total. The third kappa shape index (κ3) is 4.17. The molecule has 0 aliphatic heterocycles. The van der Waals surface area contributed by atoms with Gasteiger partial charge in [-0.2, -0.15) is 0 Å². The Bertz CT molecular complexity index is 220. The molecule has 1 aliphatic rings. The quantitative estimate of drug-likeness (QED) is 0.757.